The van der Waals surface area contributed by atoms with Crippen LogP contribution in [-0.2, 0) is 4.74 Å². The van der Waals surface area contributed by atoms with Gasteiger partial charge in [-0.25, -0.2) is 0 Å². The predicted molar refractivity (Wildman–Crippen MR) is 47.3 cm³/mol. The maximum atomic E-state index is 5.04. The molecule has 0 aromatic rings. The van der Waals surface area contributed by atoms with Gasteiger partial charge in [0.05, 0.1) is 6.61 Å². The van der Waals surface area contributed by atoms with E-state index in [0.29, 0.717) is 16.9 Å². The highest BCUT2D eigenvalue weighted by atomic mass is 32.1. The fraction of sp³-hybridized carbons (Fsp3) is 0.833. The Kier molecular flexibility index (Phi) is 5.19. The summed E-state index contributed by atoms with van der Waals surface area (Å²) >= 11 is 9.02. The molecule has 54 valence electrons. The summed E-state index contributed by atoms with van der Waals surface area (Å²) in [6.07, 6.45) is 0.770. The van der Waals surface area contributed by atoms with Gasteiger partial charge in [-0.3, -0.25) is 0 Å². The van der Waals surface area contributed by atoms with Gasteiger partial charge in [-0.1, -0.05) is 6.92 Å². The first-order valence-electron chi connectivity index (χ1n) is 3.00. The third-order valence-electron chi connectivity index (χ3n) is 0.767. The number of rotatable bonds is 3. The van der Waals surface area contributed by atoms with Crippen LogP contribution in [0.3, 0.4) is 0 Å². The van der Waals surface area contributed by atoms with Crippen LogP contribution in [0.5, 0.6) is 0 Å². The second-order valence-corrected chi connectivity index (χ2v) is 3.20. The first kappa shape index (κ1) is 9.24. The van der Waals surface area contributed by atoms with Crippen LogP contribution in [0.25, 0.3) is 0 Å². The van der Waals surface area contributed by atoms with Gasteiger partial charge in [0.1, 0.15) is 0 Å². The van der Waals surface area contributed by atoms with Gasteiger partial charge >= 0.3 is 0 Å². The third-order valence-corrected chi connectivity index (χ3v) is 1.23. The molecule has 9 heavy (non-hydrogen) atoms. The third kappa shape index (κ3) is 6.12. The summed E-state index contributed by atoms with van der Waals surface area (Å²) in [7, 11) is 0. The lowest BCUT2D eigenvalue weighted by Gasteiger charge is -2.05. The van der Waals surface area contributed by atoms with E-state index in [9.17, 15) is 0 Å². The molecule has 0 radical (unpaired) electrons. The molecule has 1 unspecified atom stereocenters. The molecule has 1 atom stereocenters. The van der Waals surface area contributed by atoms with Crippen molar-refractivity contribution in [2.45, 2.75) is 25.5 Å². The van der Waals surface area contributed by atoms with Crippen LogP contribution in [0.15, 0.2) is 0 Å². The number of hydrogen-bond acceptors (Lipinski definition) is 3. The van der Waals surface area contributed by atoms with Gasteiger partial charge in [-0.05, 0) is 19.1 Å². The number of thiocarbonyl (C=S) groups is 1. The summed E-state index contributed by atoms with van der Waals surface area (Å²) < 4.78 is 5.04. The molecule has 0 fully saturated rings. The molecule has 0 heterocycles. The predicted octanol–water partition coefficient (Wildman–Crippen LogP) is 2.06. The SMILES string of the molecule is CCOC(=S)CC(C)S. The van der Waals surface area contributed by atoms with Gasteiger partial charge < -0.3 is 4.74 Å². The van der Waals surface area contributed by atoms with Gasteiger partial charge in [0.2, 0.25) is 0 Å². The van der Waals surface area contributed by atoms with Crippen LogP contribution in [0.1, 0.15) is 20.3 Å². The van der Waals surface area contributed by atoms with Crippen molar-refractivity contribution in [1.82, 2.24) is 0 Å². The number of hydrogen-bond donors (Lipinski definition) is 1. The molecular formula is C6H12OS2. The molecule has 0 bridgehead atoms. The van der Waals surface area contributed by atoms with Gasteiger partial charge in [0.15, 0.2) is 5.05 Å². The minimum absolute atomic E-state index is 0.309. The maximum Gasteiger partial charge on any atom is 0.160 e. The van der Waals surface area contributed by atoms with E-state index >= 15 is 0 Å². The van der Waals surface area contributed by atoms with Crippen molar-refractivity contribution in [2.24, 2.45) is 0 Å². The number of thiol groups is 1. The lowest BCUT2D eigenvalue weighted by Crippen LogP contribution is -2.06. The molecule has 0 aromatic heterocycles. The Bertz CT molecular complexity index is 91.1. The van der Waals surface area contributed by atoms with Crippen molar-refractivity contribution >= 4 is 29.9 Å². The zero-order chi connectivity index (χ0) is 7.28. The monoisotopic (exact) mass is 164 g/mol. The summed E-state index contributed by atoms with van der Waals surface area (Å²) in [5, 5.41) is 0.976. The molecule has 0 saturated heterocycles. The molecule has 0 amide bonds. The standard InChI is InChI=1S/C6H12OS2/c1-3-7-6(9)4-5(2)8/h5,8H,3-4H2,1-2H3. The molecule has 0 saturated carbocycles. The highest BCUT2D eigenvalue weighted by Crippen LogP contribution is 2.01. The fourth-order valence-corrected chi connectivity index (χ4v) is 1.12. The molecule has 1 nitrogen and oxygen atoms in total. The van der Waals surface area contributed by atoms with Crippen molar-refractivity contribution in [3.05, 3.63) is 0 Å². The van der Waals surface area contributed by atoms with E-state index in [4.69, 9.17) is 17.0 Å². The average Bonchev–Trinajstić information content (AvgIpc) is 1.63. The van der Waals surface area contributed by atoms with Crippen LogP contribution in [0.2, 0.25) is 0 Å². The van der Waals surface area contributed by atoms with Crippen molar-refractivity contribution in [3.63, 3.8) is 0 Å². The van der Waals surface area contributed by atoms with Crippen molar-refractivity contribution in [3.8, 4) is 0 Å². The van der Waals surface area contributed by atoms with E-state index in [1.165, 1.54) is 0 Å². The van der Waals surface area contributed by atoms with E-state index in [1.807, 2.05) is 13.8 Å². The second-order valence-electron chi connectivity index (χ2n) is 1.86. The van der Waals surface area contributed by atoms with Crippen LogP contribution >= 0.6 is 24.8 Å². The summed E-state index contributed by atoms with van der Waals surface area (Å²) in [6, 6.07) is 0. The van der Waals surface area contributed by atoms with E-state index in [1.54, 1.807) is 0 Å². The smallest absolute Gasteiger partial charge is 0.160 e. The summed E-state index contributed by atoms with van der Waals surface area (Å²) in [5.74, 6) is 0. The van der Waals surface area contributed by atoms with E-state index in [2.05, 4.69) is 12.6 Å². The zero-order valence-electron chi connectivity index (χ0n) is 5.76. The van der Waals surface area contributed by atoms with E-state index in [-0.39, 0.29) is 0 Å². The van der Waals surface area contributed by atoms with E-state index in [0.717, 1.165) is 6.42 Å². The molecule has 0 spiro atoms. The van der Waals surface area contributed by atoms with Crippen LogP contribution in [0.4, 0.5) is 0 Å². The van der Waals surface area contributed by atoms with Crippen molar-refractivity contribution in [1.29, 1.82) is 0 Å². The molecule has 0 aromatic carbocycles. The average molecular weight is 164 g/mol. The molecule has 0 rings (SSSR count). The Morgan fingerprint density at radius 2 is 2.33 bits per heavy atom. The highest BCUT2D eigenvalue weighted by molar-refractivity contribution is 7.81. The zero-order valence-corrected chi connectivity index (χ0v) is 7.47. The maximum absolute atomic E-state index is 5.04. The topological polar surface area (TPSA) is 9.23 Å². The minimum atomic E-state index is 0.309. The van der Waals surface area contributed by atoms with Crippen molar-refractivity contribution < 1.29 is 4.74 Å². The van der Waals surface area contributed by atoms with Crippen LogP contribution in [-0.4, -0.2) is 16.9 Å². The molecule has 0 N–H and O–H groups in total. The minimum Gasteiger partial charge on any atom is -0.487 e. The Morgan fingerprint density at radius 1 is 1.78 bits per heavy atom. The molecule has 0 aliphatic carbocycles. The van der Waals surface area contributed by atoms with Crippen LogP contribution in [0, 0.1) is 0 Å². The molecule has 3 heteroatoms. The first-order chi connectivity index (χ1) is 4.16. The van der Waals surface area contributed by atoms with Gasteiger partial charge in [0.25, 0.3) is 0 Å². The Morgan fingerprint density at radius 3 is 2.67 bits per heavy atom. The lowest BCUT2D eigenvalue weighted by atomic mass is 10.3. The van der Waals surface area contributed by atoms with Gasteiger partial charge in [-0.15, -0.1) is 0 Å². The number of ether oxygens (including phenoxy) is 1. The quantitative estimate of drug-likeness (QED) is 0.505. The second kappa shape index (κ2) is 5.06. The summed E-state index contributed by atoms with van der Waals surface area (Å²) in [5.41, 5.74) is 0. The van der Waals surface area contributed by atoms with Crippen molar-refractivity contribution in [2.75, 3.05) is 6.61 Å². The van der Waals surface area contributed by atoms with Gasteiger partial charge in [0, 0.05) is 11.7 Å². The summed E-state index contributed by atoms with van der Waals surface area (Å²) in [6.45, 7) is 4.59. The van der Waals surface area contributed by atoms with Gasteiger partial charge in [-0.2, -0.15) is 12.6 Å². The Balaban J connectivity index is 3.27. The Hall–Kier alpha value is 0.240. The molecular weight excluding hydrogens is 152 g/mol. The van der Waals surface area contributed by atoms with E-state index < -0.39 is 0 Å². The van der Waals surface area contributed by atoms with Crippen LogP contribution < -0.4 is 0 Å². The lowest BCUT2D eigenvalue weighted by molar-refractivity contribution is 0.327. The highest BCUT2D eigenvalue weighted by Gasteiger charge is 1.99. The Labute approximate surface area is 67.2 Å². The summed E-state index contributed by atoms with van der Waals surface area (Å²) in [4.78, 5) is 0. The first-order valence-corrected chi connectivity index (χ1v) is 3.93. The fourth-order valence-electron chi connectivity index (χ4n) is 0.461. The normalized spacial score (nSPS) is 12.8. The largest absolute Gasteiger partial charge is 0.487 e. The molecule has 0 aliphatic rings. The molecule has 0 aliphatic heterocycles.